The van der Waals surface area contributed by atoms with Crippen molar-refractivity contribution in [1.82, 2.24) is 5.32 Å². The van der Waals surface area contributed by atoms with Gasteiger partial charge in [0.2, 0.25) is 5.91 Å². The third-order valence-corrected chi connectivity index (χ3v) is 5.48. The molecule has 0 saturated carbocycles. The van der Waals surface area contributed by atoms with Crippen molar-refractivity contribution in [3.8, 4) is 0 Å². The molecular formula is C15H20N2OS2. The zero-order chi connectivity index (χ0) is 14.4. The second kappa shape index (κ2) is 7.74. The van der Waals surface area contributed by atoms with Gasteiger partial charge >= 0.3 is 0 Å². The van der Waals surface area contributed by atoms with E-state index in [1.165, 1.54) is 17.3 Å². The minimum Gasteiger partial charge on any atom is -0.353 e. The molecular weight excluding hydrogens is 288 g/mol. The van der Waals surface area contributed by atoms with Crippen LogP contribution in [0.4, 0.5) is 5.69 Å². The van der Waals surface area contributed by atoms with Crippen LogP contribution in [0.5, 0.6) is 0 Å². The number of nitrogens with one attached hydrogen (secondary N) is 1. The highest BCUT2D eigenvalue weighted by atomic mass is 32.2. The van der Waals surface area contributed by atoms with Crippen LogP contribution in [0.3, 0.4) is 0 Å². The molecule has 5 heteroatoms. The number of hydrogen-bond donors (Lipinski definition) is 1. The minimum absolute atomic E-state index is 0.103. The van der Waals surface area contributed by atoms with Gasteiger partial charge in [0.25, 0.3) is 0 Å². The maximum Gasteiger partial charge on any atom is 0.230 e. The molecule has 1 aliphatic heterocycles. The first-order chi connectivity index (χ1) is 9.72. The van der Waals surface area contributed by atoms with Gasteiger partial charge in [-0.3, -0.25) is 4.79 Å². The number of nitrogens with zero attached hydrogens (tertiary/aromatic N) is 1. The predicted octanol–water partition coefficient (Wildman–Crippen LogP) is 3.96. The van der Waals surface area contributed by atoms with Gasteiger partial charge < -0.3 is 5.32 Å². The molecule has 1 amide bonds. The van der Waals surface area contributed by atoms with Gasteiger partial charge in [0, 0.05) is 11.8 Å². The fourth-order valence-electron chi connectivity index (χ4n) is 1.98. The van der Waals surface area contributed by atoms with Crippen molar-refractivity contribution in [2.24, 2.45) is 4.99 Å². The van der Waals surface area contributed by atoms with Crippen LogP contribution >= 0.6 is 23.5 Å². The minimum atomic E-state index is 0.103. The van der Waals surface area contributed by atoms with Crippen molar-refractivity contribution in [1.29, 1.82) is 0 Å². The maximum absolute atomic E-state index is 11.9. The second-order valence-corrected chi connectivity index (χ2v) is 6.85. The Morgan fingerprint density at radius 3 is 2.90 bits per heavy atom. The fraction of sp³-hybridized carbons (Fsp3) is 0.467. The molecule has 20 heavy (non-hydrogen) atoms. The average molecular weight is 308 g/mol. The number of hydrogen-bond acceptors (Lipinski definition) is 4. The van der Waals surface area contributed by atoms with Crippen LogP contribution in [0, 0.1) is 0 Å². The molecule has 0 aliphatic carbocycles. The Hall–Kier alpha value is -0.940. The third-order valence-electron chi connectivity index (χ3n) is 3.23. The Labute approximate surface area is 129 Å². The summed E-state index contributed by atoms with van der Waals surface area (Å²) in [6, 6.07) is 8.47. The van der Waals surface area contributed by atoms with E-state index in [1.807, 2.05) is 18.2 Å². The van der Waals surface area contributed by atoms with E-state index < -0.39 is 0 Å². The van der Waals surface area contributed by atoms with E-state index in [9.17, 15) is 4.79 Å². The van der Waals surface area contributed by atoms with E-state index >= 15 is 0 Å². The quantitative estimate of drug-likeness (QED) is 0.895. The van der Waals surface area contributed by atoms with Crippen LogP contribution in [-0.4, -0.2) is 22.1 Å². The van der Waals surface area contributed by atoms with Gasteiger partial charge in [-0.05, 0) is 24.5 Å². The Balaban J connectivity index is 1.86. The number of rotatable bonds is 5. The topological polar surface area (TPSA) is 41.5 Å². The number of benzene rings is 1. The molecule has 0 bridgehead atoms. The molecule has 1 aromatic carbocycles. The second-order valence-electron chi connectivity index (χ2n) is 4.66. The van der Waals surface area contributed by atoms with Gasteiger partial charge in [-0.15, -0.1) is 0 Å². The summed E-state index contributed by atoms with van der Waals surface area (Å²) in [5.41, 5.74) is 2.30. The largest absolute Gasteiger partial charge is 0.353 e. The molecule has 0 unspecified atom stereocenters. The van der Waals surface area contributed by atoms with Crippen molar-refractivity contribution in [2.45, 2.75) is 38.5 Å². The van der Waals surface area contributed by atoms with Crippen LogP contribution in [-0.2, 0) is 10.5 Å². The fourth-order valence-corrected chi connectivity index (χ4v) is 3.85. The van der Waals surface area contributed by atoms with Gasteiger partial charge in [-0.1, -0.05) is 55.6 Å². The van der Waals surface area contributed by atoms with Crippen molar-refractivity contribution < 1.29 is 4.79 Å². The molecule has 1 N–H and O–H groups in total. The number of amides is 1. The zero-order valence-electron chi connectivity index (χ0n) is 11.9. The SMILES string of the molecule is CCC(CC)NC(=O)CSC1=Nc2ccccc2CS1. The highest BCUT2D eigenvalue weighted by molar-refractivity contribution is 8.38. The Bertz CT molecular complexity index is 498. The van der Waals surface area contributed by atoms with E-state index in [-0.39, 0.29) is 5.91 Å². The molecule has 2 rings (SSSR count). The normalized spacial score (nSPS) is 13.8. The lowest BCUT2D eigenvalue weighted by atomic mass is 10.2. The van der Waals surface area contributed by atoms with Crippen LogP contribution in [0.2, 0.25) is 0 Å². The van der Waals surface area contributed by atoms with Gasteiger partial charge in [-0.25, -0.2) is 4.99 Å². The first-order valence-corrected chi connectivity index (χ1v) is 8.91. The molecule has 0 spiro atoms. The molecule has 0 radical (unpaired) electrons. The summed E-state index contributed by atoms with van der Waals surface area (Å²) in [5.74, 6) is 1.49. The lowest BCUT2D eigenvalue weighted by molar-refractivity contribution is -0.119. The number of para-hydroxylation sites is 1. The van der Waals surface area contributed by atoms with E-state index in [4.69, 9.17) is 0 Å². The van der Waals surface area contributed by atoms with Crippen molar-refractivity contribution in [3.63, 3.8) is 0 Å². The molecule has 1 aliphatic rings. The summed E-state index contributed by atoms with van der Waals surface area (Å²) < 4.78 is 0.989. The first-order valence-electron chi connectivity index (χ1n) is 6.94. The van der Waals surface area contributed by atoms with Crippen molar-refractivity contribution in [3.05, 3.63) is 29.8 Å². The molecule has 0 saturated heterocycles. The third kappa shape index (κ3) is 4.28. The standard InChI is InChI=1S/C15H20N2OS2/c1-3-12(4-2)16-14(18)10-20-15-17-13-8-6-5-7-11(13)9-19-15/h5-8,12H,3-4,9-10H2,1-2H3,(H,16,18). The average Bonchev–Trinajstić information content (AvgIpc) is 2.50. The van der Waals surface area contributed by atoms with Crippen LogP contribution in [0.15, 0.2) is 29.3 Å². The monoisotopic (exact) mass is 308 g/mol. The Morgan fingerprint density at radius 1 is 1.40 bits per heavy atom. The predicted molar refractivity (Wildman–Crippen MR) is 89.8 cm³/mol. The van der Waals surface area contributed by atoms with Crippen LogP contribution in [0.25, 0.3) is 0 Å². The summed E-state index contributed by atoms with van der Waals surface area (Å²) in [4.78, 5) is 16.5. The van der Waals surface area contributed by atoms with Crippen molar-refractivity contribution >= 4 is 39.5 Å². The molecule has 1 heterocycles. The summed E-state index contributed by atoms with van der Waals surface area (Å²) in [7, 11) is 0. The molecule has 108 valence electrons. The Morgan fingerprint density at radius 2 is 2.15 bits per heavy atom. The molecule has 3 nitrogen and oxygen atoms in total. The molecule has 1 aromatic rings. The summed E-state index contributed by atoms with van der Waals surface area (Å²) in [6.45, 7) is 4.19. The molecule has 0 fully saturated rings. The number of fused-ring (bicyclic) bond motifs is 1. The smallest absolute Gasteiger partial charge is 0.230 e. The van der Waals surface area contributed by atoms with E-state index in [0.717, 1.165) is 28.7 Å². The lowest BCUT2D eigenvalue weighted by Gasteiger charge is -2.16. The van der Waals surface area contributed by atoms with Gasteiger partial charge in [0.15, 0.2) is 0 Å². The van der Waals surface area contributed by atoms with Gasteiger partial charge in [-0.2, -0.15) is 0 Å². The van der Waals surface area contributed by atoms with Crippen LogP contribution in [0.1, 0.15) is 32.3 Å². The lowest BCUT2D eigenvalue weighted by Crippen LogP contribution is -2.35. The van der Waals surface area contributed by atoms with Gasteiger partial charge in [0.1, 0.15) is 4.38 Å². The highest BCUT2D eigenvalue weighted by Gasteiger charge is 2.15. The summed E-state index contributed by atoms with van der Waals surface area (Å²) in [6.07, 6.45) is 1.96. The molecule has 0 atom stereocenters. The number of thioether (sulfide) groups is 2. The van der Waals surface area contributed by atoms with E-state index in [0.29, 0.717) is 11.8 Å². The number of carbonyl (C=O) groups is 1. The van der Waals surface area contributed by atoms with E-state index in [2.05, 4.69) is 30.2 Å². The number of carbonyl (C=O) groups excluding carboxylic acids is 1. The highest BCUT2D eigenvalue weighted by Crippen LogP contribution is 2.34. The zero-order valence-corrected chi connectivity index (χ0v) is 13.5. The van der Waals surface area contributed by atoms with Gasteiger partial charge in [0.05, 0.1) is 11.4 Å². The van der Waals surface area contributed by atoms with E-state index in [1.54, 1.807) is 11.8 Å². The van der Waals surface area contributed by atoms with Crippen LogP contribution < -0.4 is 5.32 Å². The summed E-state index contributed by atoms with van der Waals surface area (Å²) >= 11 is 3.24. The first kappa shape index (κ1) is 15.4. The summed E-state index contributed by atoms with van der Waals surface area (Å²) in [5, 5.41) is 3.05. The maximum atomic E-state index is 11.9. The molecule has 0 aromatic heterocycles. The van der Waals surface area contributed by atoms with Crippen molar-refractivity contribution in [2.75, 3.05) is 5.75 Å². The Kier molecular flexibility index (Phi) is 5.98. The number of aliphatic imine (C=N–C) groups is 1.